The highest BCUT2D eigenvalue weighted by atomic mass is 79.9. The molecule has 0 aliphatic heterocycles. The van der Waals surface area contributed by atoms with E-state index in [0.29, 0.717) is 16.1 Å². The zero-order valence-electron chi connectivity index (χ0n) is 21.0. The third-order valence-electron chi connectivity index (χ3n) is 6.22. The number of thiazole rings is 1. The number of benzene rings is 3. The number of aromatic nitrogens is 3. The summed E-state index contributed by atoms with van der Waals surface area (Å²) < 4.78 is 6.16. The third kappa shape index (κ3) is 4.84. The largest absolute Gasteiger partial charge is 0.297 e. The van der Waals surface area contributed by atoms with Crippen molar-refractivity contribution in [3.8, 4) is 23.0 Å². The summed E-state index contributed by atoms with van der Waals surface area (Å²) in [6.45, 7) is 3.80. The summed E-state index contributed by atoms with van der Waals surface area (Å²) in [4.78, 5) is 19.0. The Morgan fingerprint density at radius 3 is 2.45 bits per heavy atom. The molecule has 0 aliphatic rings. The monoisotopic (exact) mass is 582 g/mol. The molecular weight excluding hydrogens is 560 g/mol. The fourth-order valence-corrected chi connectivity index (χ4v) is 5.33. The molecule has 0 atom stereocenters. The minimum Gasteiger partial charge on any atom is -0.283 e. The van der Waals surface area contributed by atoms with E-state index in [-0.39, 0.29) is 5.56 Å². The Balaban J connectivity index is 1.72. The number of hydrogen-bond acceptors (Lipinski definition) is 5. The first-order valence-electron chi connectivity index (χ1n) is 11.8. The molecule has 38 heavy (non-hydrogen) atoms. The van der Waals surface area contributed by atoms with Gasteiger partial charge >= 0.3 is 0 Å². The van der Waals surface area contributed by atoms with E-state index in [0.717, 1.165) is 38.4 Å². The molecule has 9 heteroatoms. The van der Waals surface area contributed by atoms with Gasteiger partial charge in [0.25, 0.3) is 5.56 Å². The first-order chi connectivity index (χ1) is 18.4. The van der Waals surface area contributed by atoms with Crippen LogP contribution in [0, 0.1) is 18.3 Å². The number of rotatable bonds is 5. The SMILES string of the molecule is CC(=Nn1c(-c2cccc(Br)c2)csc1=Nc1c(C)n(C)n(-c2ccccc2)c1=O)c1ccc(C#N)cc1. The van der Waals surface area contributed by atoms with E-state index in [4.69, 9.17) is 15.4 Å². The Morgan fingerprint density at radius 1 is 1.03 bits per heavy atom. The molecule has 0 fully saturated rings. The van der Waals surface area contributed by atoms with E-state index in [1.165, 1.54) is 11.3 Å². The van der Waals surface area contributed by atoms with Crippen LogP contribution in [-0.2, 0) is 7.05 Å². The number of nitriles is 1. The van der Waals surface area contributed by atoms with Crippen LogP contribution in [-0.4, -0.2) is 19.8 Å². The first kappa shape index (κ1) is 25.4. The van der Waals surface area contributed by atoms with Crippen LogP contribution in [0.25, 0.3) is 16.9 Å². The molecule has 0 saturated heterocycles. The lowest BCUT2D eigenvalue weighted by Gasteiger charge is -2.07. The van der Waals surface area contributed by atoms with Gasteiger partial charge in [-0.2, -0.15) is 10.4 Å². The molecule has 0 unspecified atom stereocenters. The maximum Gasteiger partial charge on any atom is 0.297 e. The molecule has 7 nitrogen and oxygen atoms in total. The average Bonchev–Trinajstić information content (AvgIpc) is 3.42. The van der Waals surface area contributed by atoms with Crippen LogP contribution in [0.1, 0.15) is 23.7 Å². The molecule has 0 aliphatic carbocycles. The molecule has 0 spiro atoms. The van der Waals surface area contributed by atoms with Crippen molar-refractivity contribution in [2.45, 2.75) is 13.8 Å². The lowest BCUT2D eigenvalue weighted by Crippen LogP contribution is -2.20. The van der Waals surface area contributed by atoms with Gasteiger partial charge in [0.15, 0.2) is 5.69 Å². The van der Waals surface area contributed by atoms with Crippen molar-refractivity contribution in [1.82, 2.24) is 14.0 Å². The zero-order valence-corrected chi connectivity index (χ0v) is 23.4. The molecular formula is C29H23BrN6OS. The lowest BCUT2D eigenvalue weighted by atomic mass is 10.1. The topological polar surface area (TPSA) is 80.4 Å². The second-order valence-corrected chi connectivity index (χ2v) is 10.4. The summed E-state index contributed by atoms with van der Waals surface area (Å²) in [5.74, 6) is 0. The van der Waals surface area contributed by atoms with Gasteiger partial charge in [-0.3, -0.25) is 9.48 Å². The van der Waals surface area contributed by atoms with Gasteiger partial charge in [-0.05, 0) is 55.8 Å². The van der Waals surface area contributed by atoms with Crippen LogP contribution in [0.4, 0.5) is 5.69 Å². The van der Waals surface area contributed by atoms with E-state index in [1.807, 2.05) is 97.7 Å². The van der Waals surface area contributed by atoms with Crippen LogP contribution >= 0.6 is 27.3 Å². The predicted molar refractivity (Wildman–Crippen MR) is 155 cm³/mol. The third-order valence-corrected chi connectivity index (χ3v) is 7.53. The van der Waals surface area contributed by atoms with Crippen LogP contribution in [0.3, 0.4) is 0 Å². The normalized spacial score (nSPS) is 12.1. The summed E-state index contributed by atoms with van der Waals surface area (Å²) >= 11 is 4.98. The van der Waals surface area contributed by atoms with Gasteiger partial charge in [-0.15, -0.1) is 11.3 Å². The maximum absolute atomic E-state index is 13.5. The van der Waals surface area contributed by atoms with Gasteiger partial charge in [0, 0.05) is 22.5 Å². The highest BCUT2D eigenvalue weighted by Gasteiger charge is 2.17. The van der Waals surface area contributed by atoms with E-state index in [2.05, 4.69) is 22.0 Å². The number of halogens is 1. The average molecular weight is 584 g/mol. The summed E-state index contributed by atoms with van der Waals surface area (Å²) in [7, 11) is 1.85. The van der Waals surface area contributed by atoms with Crippen molar-refractivity contribution in [2.24, 2.45) is 17.1 Å². The molecule has 188 valence electrons. The summed E-state index contributed by atoms with van der Waals surface area (Å²) in [5, 5.41) is 16.1. The Kier molecular flexibility index (Phi) is 7.09. The van der Waals surface area contributed by atoms with Crippen LogP contribution in [0.5, 0.6) is 0 Å². The molecule has 0 N–H and O–H groups in total. The fourth-order valence-electron chi connectivity index (χ4n) is 4.09. The summed E-state index contributed by atoms with van der Waals surface area (Å²) in [6, 6.07) is 26.9. The first-order valence-corrected chi connectivity index (χ1v) is 13.5. The molecule has 0 radical (unpaired) electrons. The fraction of sp³-hybridized carbons (Fsp3) is 0.103. The van der Waals surface area contributed by atoms with E-state index in [1.54, 1.807) is 21.5 Å². The highest BCUT2D eigenvalue weighted by Crippen LogP contribution is 2.25. The molecule has 0 amide bonds. The van der Waals surface area contributed by atoms with Gasteiger partial charge < -0.3 is 0 Å². The standard InChI is InChI=1S/C29H23BrN6OS/c1-19(22-14-12-21(17-31)13-15-22)33-35-26(23-8-7-9-24(30)16-23)18-38-29(35)32-27-20(2)34(3)36(28(27)37)25-10-5-4-6-11-25/h4-16,18H,1-3H3. The van der Waals surface area contributed by atoms with Gasteiger partial charge in [0.2, 0.25) is 4.80 Å². The Morgan fingerprint density at radius 2 is 1.76 bits per heavy atom. The highest BCUT2D eigenvalue weighted by molar-refractivity contribution is 9.10. The Labute approximate surface area is 232 Å². The van der Waals surface area contributed by atoms with E-state index < -0.39 is 0 Å². The van der Waals surface area contributed by atoms with Crippen molar-refractivity contribution >= 4 is 38.7 Å². The minimum atomic E-state index is -0.201. The van der Waals surface area contributed by atoms with Crippen molar-refractivity contribution in [3.05, 3.63) is 121 Å². The van der Waals surface area contributed by atoms with E-state index in [9.17, 15) is 4.79 Å². The molecule has 5 rings (SSSR count). The van der Waals surface area contributed by atoms with Crippen molar-refractivity contribution < 1.29 is 0 Å². The van der Waals surface area contributed by atoms with Gasteiger partial charge in [-0.1, -0.05) is 58.4 Å². The second-order valence-electron chi connectivity index (χ2n) is 8.62. The number of nitrogens with zero attached hydrogens (tertiary/aromatic N) is 6. The van der Waals surface area contributed by atoms with Crippen LogP contribution in [0.2, 0.25) is 0 Å². The Hall–Kier alpha value is -4.26. The quantitative estimate of drug-likeness (QED) is 0.233. The molecule has 0 bridgehead atoms. The Bertz CT molecular complexity index is 1830. The van der Waals surface area contributed by atoms with Crippen LogP contribution in [0.15, 0.2) is 104 Å². The summed E-state index contributed by atoms with van der Waals surface area (Å²) in [6.07, 6.45) is 0. The molecule has 2 heterocycles. The zero-order chi connectivity index (χ0) is 26.8. The predicted octanol–water partition coefficient (Wildman–Crippen LogP) is 6.15. The van der Waals surface area contributed by atoms with Gasteiger partial charge in [-0.25, -0.2) is 14.4 Å². The van der Waals surface area contributed by atoms with Gasteiger partial charge in [0.1, 0.15) is 0 Å². The van der Waals surface area contributed by atoms with Gasteiger partial charge in [0.05, 0.1) is 34.4 Å². The van der Waals surface area contributed by atoms with Crippen LogP contribution < -0.4 is 10.4 Å². The second kappa shape index (κ2) is 10.6. The van der Waals surface area contributed by atoms with Crippen molar-refractivity contribution in [2.75, 3.05) is 0 Å². The maximum atomic E-state index is 13.5. The van der Waals surface area contributed by atoms with E-state index >= 15 is 0 Å². The smallest absolute Gasteiger partial charge is 0.283 e. The molecule has 3 aromatic carbocycles. The van der Waals surface area contributed by atoms with Crippen molar-refractivity contribution in [1.29, 1.82) is 5.26 Å². The lowest BCUT2D eigenvalue weighted by molar-refractivity contribution is 0.630. The molecule has 2 aromatic heterocycles. The molecule has 5 aromatic rings. The minimum absolute atomic E-state index is 0.201. The molecule has 0 saturated carbocycles. The number of hydrogen-bond donors (Lipinski definition) is 0. The van der Waals surface area contributed by atoms with Crippen molar-refractivity contribution in [3.63, 3.8) is 0 Å². The number of para-hydroxylation sites is 1. The summed E-state index contributed by atoms with van der Waals surface area (Å²) in [5.41, 5.74) is 5.70.